The van der Waals surface area contributed by atoms with Gasteiger partial charge in [0.25, 0.3) is 0 Å². The first-order valence-corrected chi connectivity index (χ1v) is 6.11. The maximum atomic E-state index is 9.61. The molecule has 0 saturated heterocycles. The van der Waals surface area contributed by atoms with Gasteiger partial charge in [-0.25, -0.2) is 0 Å². The summed E-state index contributed by atoms with van der Waals surface area (Å²) in [6.07, 6.45) is 0. The molecule has 0 aliphatic heterocycles. The number of hydrogen-bond donors (Lipinski definition) is 1. The molecule has 0 radical (unpaired) electrons. The highest BCUT2D eigenvalue weighted by Crippen LogP contribution is 2.33. The molecule has 0 spiro atoms. The molecule has 3 nitrogen and oxygen atoms in total. The molecule has 16 heavy (non-hydrogen) atoms. The standard InChI is InChI=1S/C11H11ClN2OS/c1-6-8(4-3-5-9(6)15)11-14-13-10(16-11)7(2)12/h3-5,7,15H,1-2H3. The average molecular weight is 255 g/mol. The first kappa shape index (κ1) is 11.4. The number of aromatic nitrogens is 2. The second-order valence-corrected chi connectivity index (χ2v) is 5.17. The van der Waals surface area contributed by atoms with Crippen LogP contribution in [0.15, 0.2) is 18.2 Å². The van der Waals surface area contributed by atoms with Gasteiger partial charge in [-0.05, 0) is 19.9 Å². The topological polar surface area (TPSA) is 46.0 Å². The molecule has 0 amide bonds. The van der Waals surface area contributed by atoms with E-state index in [1.807, 2.05) is 19.9 Å². The third-order valence-corrected chi connectivity index (χ3v) is 3.79. The summed E-state index contributed by atoms with van der Waals surface area (Å²) in [7, 11) is 0. The minimum absolute atomic E-state index is 0.135. The Morgan fingerprint density at radius 3 is 2.75 bits per heavy atom. The number of halogens is 1. The molecule has 2 rings (SSSR count). The van der Waals surface area contributed by atoms with Crippen LogP contribution in [0.25, 0.3) is 10.6 Å². The fraction of sp³-hybridized carbons (Fsp3) is 0.273. The molecule has 2 aromatic rings. The predicted molar refractivity (Wildman–Crippen MR) is 66.0 cm³/mol. The first-order valence-electron chi connectivity index (χ1n) is 4.86. The van der Waals surface area contributed by atoms with Gasteiger partial charge in [0.1, 0.15) is 15.8 Å². The number of benzene rings is 1. The number of phenols is 1. The van der Waals surface area contributed by atoms with E-state index in [1.165, 1.54) is 11.3 Å². The van der Waals surface area contributed by atoms with E-state index < -0.39 is 0 Å². The van der Waals surface area contributed by atoms with Crippen LogP contribution in [-0.2, 0) is 0 Å². The van der Waals surface area contributed by atoms with Gasteiger partial charge in [-0.2, -0.15) is 0 Å². The second kappa shape index (κ2) is 4.39. The van der Waals surface area contributed by atoms with Crippen molar-refractivity contribution in [3.63, 3.8) is 0 Å². The van der Waals surface area contributed by atoms with Gasteiger partial charge in [0, 0.05) is 11.1 Å². The summed E-state index contributed by atoms with van der Waals surface area (Å²) < 4.78 is 0. The zero-order valence-corrected chi connectivity index (χ0v) is 10.5. The summed E-state index contributed by atoms with van der Waals surface area (Å²) in [5, 5.41) is 19.2. The van der Waals surface area contributed by atoms with Gasteiger partial charge in [-0.3, -0.25) is 0 Å². The normalized spacial score (nSPS) is 12.7. The average Bonchev–Trinajstić information content (AvgIpc) is 2.71. The van der Waals surface area contributed by atoms with Crippen LogP contribution in [0.1, 0.15) is 22.9 Å². The molecule has 1 aromatic heterocycles. The van der Waals surface area contributed by atoms with Gasteiger partial charge in [0.15, 0.2) is 0 Å². The van der Waals surface area contributed by atoms with E-state index >= 15 is 0 Å². The van der Waals surface area contributed by atoms with E-state index in [1.54, 1.807) is 12.1 Å². The van der Waals surface area contributed by atoms with Crippen molar-refractivity contribution in [1.82, 2.24) is 10.2 Å². The quantitative estimate of drug-likeness (QED) is 0.834. The molecule has 0 aliphatic rings. The minimum atomic E-state index is -0.135. The molecule has 1 unspecified atom stereocenters. The maximum Gasteiger partial charge on any atom is 0.148 e. The molecule has 0 fully saturated rings. The van der Waals surface area contributed by atoms with E-state index in [0.717, 1.165) is 21.1 Å². The maximum absolute atomic E-state index is 9.61. The van der Waals surface area contributed by atoms with Crippen LogP contribution in [0, 0.1) is 6.92 Å². The molecular formula is C11H11ClN2OS. The van der Waals surface area contributed by atoms with Crippen molar-refractivity contribution in [3.8, 4) is 16.3 Å². The van der Waals surface area contributed by atoms with Gasteiger partial charge < -0.3 is 5.11 Å². The van der Waals surface area contributed by atoms with Crippen LogP contribution in [0.5, 0.6) is 5.75 Å². The Morgan fingerprint density at radius 1 is 1.38 bits per heavy atom. The second-order valence-electron chi connectivity index (χ2n) is 3.51. The van der Waals surface area contributed by atoms with Gasteiger partial charge in [-0.1, -0.05) is 23.5 Å². The Bertz CT molecular complexity index is 510. The number of hydrogen-bond acceptors (Lipinski definition) is 4. The molecular weight excluding hydrogens is 244 g/mol. The van der Waals surface area contributed by atoms with E-state index in [4.69, 9.17) is 11.6 Å². The van der Waals surface area contributed by atoms with Crippen molar-refractivity contribution in [2.75, 3.05) is 0 Å². The minimum Gasteiger partial charge on any atom is -0.508 e. The molecule has 0 saturated carbocycles. The first-order chi connectivity index (χ1) is 7.59. The lowest BCUT2D eigenvalue weighted by Crippen LogP contribution is -1.83. The number of rotatable bonds is 2. The molecule has 84 valence electrons. The van der Waals surface area contributed by atoms with Crippen molar-refractivity contribution >= 4 is 22.9 Å². The zero-order valence-electron chi connectivity index (χ0n) is 8.94. The lowest BCUT2D eigenvalue weighted by atomic mass is 10.1. The predicted octanol–water partition coefficient (Wildman–Crippen LogP) is 3.52. The third kappa shape index (κ3) is 2.03. The Hall–Kier alpha value is -1.13. The van der Waals surface area contributed by atoms with Crippen molar-refractivity contribution in [2.45, 2.75) is 19.2 Å². The van der Waals surface area contributed by atoms with Crippen molar-refractivity contribution in [3.05, 3.63) is 28.8 Å². The number of aromatic hydroxyl groups is 1. The highest BCUT2D eigenvalue weighted by atomic mass is 35.5. The number of alkyl halides is 1. The van der Waals surface area contributed by atoms with Gasteiger partial charge in [-0.15, -0.1) is 21.8 Å². The van der Waals surface area contributed by atoms with Gasteiger partial charge in [0.2, 0.25) is 0 Å². The Labute approximate surface area is 103 Å². The van der Waals surface area contributed by atoms with Crippen LogP contribution < -0.4 is 0 Å². The smallest absolute Gasteiger partial charge is 0.148 e. The fourth-order valence-electron chi connectivity index (χ4n) is 1.36. The summed E-state index contributed by atoms with van der Waals surface area (Å²) in [5.74, 6) is 0.271. The van der Waals surface area contributed by atoms with E-state index in [-0.39, 0.29) is 11.1 Å². The van der Waals surface area contributed by atoms with Crippen LogP contribution in [0.4, 0.5) is 0 Å². The molecule has 0 aliphatic carbocycles. The third-order valence-electron chi connectivity index (χ3n) is 2.32. The summed E-state index contributed by atoms with van der Waals surface area (Å²) in [6, 6.07) is 5.37. The Balaban J connectivity index is 2.47. The highest BCUT2D eigenvalue weighted by molar-refractivity contribution is 7.15. The van der Waals surface area contributed by atoms with Crippen molar-refractivity contribution in [2.24, 2.45) is 0 Å². The van der Waals surface area contributed by atoms with Crippen LogP contribution in [0.2, 0.25) is 0 Å². The highest BCUT2D eigenvalue weighted by Gasteiger charge is 2.13. The SMILES string of the molecule is Cc1c(O)cccc1-c1nnc(C(C)Cl)s1. The zero-order chi connectivity index (χ0) is 11.7. The number of phenolic OH excluding ortho intramolecular Hbond substituents is 1. The van der Waals surface area contributed by atoms with Crippen LogP contribution in [0.3, 0.4) is 0 Å². The molecule has 5 heteroatoms. The summed E-state index contributed by atoms with van der Waals surface area (Å²) in [5.41, 5.74) is 1.72. The fourth-order valence-corrected chi connectivity index (χ4v) is 2.39. The lowest BCUT2D eigenvalue weighted by Gasteiger charge is -2.02. The largest absolute Gasteiger partial charge is 0.508 e. The number of nitrogens with zero attached hydrogens (tertiary/aromatic N) is 2. The Morgan fingerprint density at radius 2 is 2.12 bits per heavy atom. The van der Waals surface area contributed by atoms with E-state index in [2.05, 4.69) is 10.2 Å². The molecule has 0 bridgehead atoms. The molecule has 1 aromatic carbocycles. The molecule has 1 heterocycles. The van der Waals surface area contributed by atoms with Crippen molar-refractivity contribution in [1.29, 1.82) is 0 Å². The van der Waals surface area contributed by atoms with Crippen LogP contribution >= 0.6 is 22.9 Å². The summed E-state index contributed by atoms with van der Waals surface area (Å²) in [6.45, 7) is 3.72. The Kier molecular flexibility index (Phi) is 3.12. The monoisotopic (exact) mass is 254 g/mol. The van der Waals surface area contributed by atoms with Crippen molar-refractivity contribution < 1.29 is 5.11 Å². The van der Waals surface area contributed by atoms with Gasteiger partial charge >= 0.3 is 0 Å². The summed E-state index contributed by atoms with van der Waals surface area (Å²) >= 11 is 7.39. The van der Waals surface area contributed by atoms with Crippen LogP contribution in [-0.4, -0.2) is 15.3 Å². The van der Waals surface area contributed by atoms with E-state index in [9.17, 15) is 5.11 Å². The van der Waals surface area contributed by atoms with E-state index in [0.29, 0.717) is 0 Å². The summed E-state index contributed by atoms with van der Waals surface area (Å²) in [4.78, 5) is 0. The molecule has 1 N–H and O–H groups in total. The molecule has 1 atom stereocenters. The lowest BCUT2D eigenvalue weighted by molar-refractivity contribution is 0.471. The van der Waals surface area contributed by atoms with Gasteiger partial charge in [0.05, 0.1) is 5.38 Å².